The lowest BCUT2D eigenvalue weighted by Gasteiger charge is -2.26. The number of unbranched alkanes of at least 4 members (excludes halogenated alkanes) is 1. The smallest absolute Gasteiger partial charge is 0.00879 e. The molecule has 1 heteroatoms. The van der Waals surface area contributed by atoms with Gasteiger partial charge in [-0.25, -0.2) is 0 Å². The van der Waals surface area contributed by atoms with Gasteiger partial charge < -0.3 is 0 Å². The Morgan fingerprint density at radius 2 is 2.09 bits per heavy atom. The number of halogens is 1. The van der Waals surface area contributed by atoms with Gasteiger partial charge in [-0.2, -0.15) is 0 Å². The first kappa shape index (κ1) is 9.57. The minimum atomic E-state index is 0.621. The zero-order chi connectivity index (χ0) is 8.32. The fourth-order valence-electron chi connectivity index (χ4n) is 1.74. The van der Waals surface area contributed by atoms with Crippen LogP contribution in [0.2, 0.25) is 0 Å². The Bertz CT molecular complexity index is 118. The molecule has 11 heavy (non-hydrogen) atoms. The van der Waals surface area contributed by atoms with Crippen LogP contribution >= 0.6 is 15.9 Å². The van der Waals surface area contributed by atoms with Crippen molar-refractivity contribution in [3.05, 3.63) is 0 Å². The second-order valence-corrected chi connectivity index (χ2v) is 4.73. The van der Waals surface area contributed by atoms with Gasteiger partial charge in [-0.05, 0) is 30.6 Å². The van der Waals surface area contributed by atoms with Crippen molar-refractivity contribution in [3.63, 3.8) is 0 Å². The third-order valence-corrected chi connectivity index (χ3v) is 4.25. The highest BCUT2D eigenvalue weighted by Gasteiger charge is 2.39. The van der Waals surface area contributed by atoms with Crippen LogP contribution in [0.25, 0.3) is 0 Å². The maximum absolute atomic E-state index is 3.64. The maximum Gasteiger partial charge on any atom is 0.00879 e. The summed E-state index contributed by atoms with van der Waals surface area (Å²) < 4.78 is 0. The van der Waals surface area contributed by atoms with Crippen LogP contribution in [-0.2, 0) is 0 Å². The molecule has 0 aromatic carbocycles. The minimum Gasteiger partial charge on any atom is -0.0922 e. The zero-order valence-corrected chi connectivity index (χ0v) is 9.28. The molecule has 0 saturated heterocycles. The van der Waals surface area contributed by atoms with Crippen LogP contribution in [0.3, 0.4) is 0 Å². The van der Waals surface area contributed by atoms with Crippen molar-refractivity contribution in [1.82, 2.24) is 0 Å². The Hall–Kier alpha value is 0.480. The molecule has 0 nitrogen and oxygen atoms in total. The summed E-state index contributed by atoms with van der Waals surface area (Å²) in [6.07, 6.45) is 7.12. The summed E-state index contributed by atoms with van der Waals surface area (Å²) in [6.45, 7) is 4.72. The highest BCUT2D eigenvalue weighted by Crippen LogP contribution is 2.49. The fraction of sp³-hybridized carbons (Fsp3) is 1.00. The Morgan fingerprint density at radius 3 is 2.45 bits per heavy atom. The first-order valence-electron chi connectivity index (χ1n) is 4.79. The molecule has 1 fully saturated rings. The molecule has 0 N–H and O–H groups in total. The lowest BCUT2D eigenvalue weighted by atomic mass is 9.82. The minimum absolute atomic E-state index is 0.621. The molecular weight excluding hydrogens is 200 g/mol. The monoisotopic (exact) mass is 218 g/mol. The molecule has 0 spiro atoms. The summed E-state index contributed by atoms with van der Waals surface area (Å²) >= 11 is 3.64. The third kappa shape index (κ3) is 2.47. The predicted octanol–water partition coefficient (Wildman–Crippen LogP) is 3.99. The number of rotatable bonds is 5. The molecule has 0 amide bonds. The highest BCUT2D eigenvalue weighted by molar-refractivity contribution is 9.09. The SMILES string of the molecule is CCCCC(C)(CBr)C1CC1. The fourth-order valence-corrected chi connectivity index (χ4v) is 2.48. The molecule has 1 aliphatic rings. The second kappa shape index (κ2) is 3.93. The van der Waals surface area contributed by atoms with Gasteiger partial charge in [0.2, 0.25) is 0 Å². The maximum atomic E-state index is 3.64. The van der Waals surface area contributed by atoms with E-state index in [1.54, 1.807) is 0 Å². The van der Waals surface area contributed by atoms with Crippen LogP contribution in [-0.4, -0.2) is 5.33 Å². The molecule has 0 heterocycles. The van der Waals surface area contributed by atoms with Gasteiger partial charge >= 0.3 is 0 Å². The van der Waals surface area contributed by atoms with Crippen molar-refractivity contribution < 1.29 is 0 Å². The Balaban J connectivity index is 2.31. The van der Waals surface area contributed by atoms with Crippen LogP contribution in [0.4, 0.5) is 0 Å². The van der Waals surface area contributed by atoms with Gasteiger partial charge in [-0.3, -0.25) is 0 Å². The molecule has 0 radical (unpaired) electrons. The summed E-state index contributed by atoms with van der Waals surface area (Å²) in [7, 11) is 0. The normalized spacial score (nSPS) is 23.2. The van der Waals surface area contributed by atoms with Crippen LogP contribution in [0.1, 0.15) is 46.0 Å². The summed E-state index contributed by atoms with van der Waals surface area (Å²) in [5.74, 6) is 1.04. The van der Waals surface area contributed by atoms with Crippen LogP contribution in [0.15, 0.2) is 0 Å². The zero-order valence-electron chi connectivity index (χ0n) is 7.70. The Labute approximate surface area is 78.9 Å². The van der Waals surface area contributed by atoms with E-state index in [9.17, 15) is 0 Å². The van der Waals surface area contributed by atoms with Crippen molar-refractivity contribution >= 4 is 15.9 Å². The van der Waals surface area contributed by atoms with E-state index in [1.807, 2.05) is 0 Å². The number of hydrogen-bond acceptors (Lipinski definition) is 0. The van der Waals surface area contributed by atoms with E-state index < -0.39 is 0 Å². The molecule has 0 aromatic heterocycles. The lowest BCUT2D eigenvalue weighted by Crippen LogP contribution is -2.20. The van der Waals surface area contributed by atoms with Gasteiger partial charge in [0.1, 0.15) is 0 Å². The van der Waals surface area contributed by atoms with Crippen LogP contribution in [0, 0.1) is 11.3 Å². The first-order chi connectivity index (χ1) is 5.23. The molecule has 1 rings (SSSR count). The van der Waals surface area contributed by atoms with Crippen LogP contribution < -0.4 is 0 Å². The van der Waals surface area contributed by atoms with E-state index in [2.05, 4.69) is 29.8 Å². The molecule has 0 aliphatic heterocycles. The largest absolute Gasteiger partial charge is 0.0922 e. The average Bonchev–Trinajstić information content (AvgIpc) is 2.82. The summed E-state index contributed by atoms with van der Waals surface area (Å²) in [4.78, 5) is 0. The van der Waals surface area contributed by atoms with Gasteiger partial charge in [-0.15, -0.1) is 0 Å². The number of alkyl halides is 1. The Kier molecular flexibility index (Phi) is 3.42. The topological polar surface area (TPSA) is 0 Å². The molecule has 0 bridgehead atoms. The molecule has 1 unspecified atom stereocenters. The van der Waals surface area contributed by atoms with E-state index in [0.29, 0.717) is 5.41 Å². The average molecular weight is 219 g/mol. The summed E-state index contributed by atoms with van der Waals surface area (Å²) in [6, 6.07) is 0. The van der Waals surface area contributed by atoms with Crippen molar-refractivity contribution in [2.45, 2.75) is 46.0 Å². The third-order valence-electron chi connectivity index (χ3n) is 2.97. The molecule has 1 atom stereocenters. The number of hydrogen-bond donors (Lipinski definition) is 0. The lowest BCUT2D eigenvalue weighted by molar-refractivity contribution is 0.285. The summed E-state index contributed by atoms with van der Waals surface area (Å²) in [5.41, 5.74) is 0.621. The van der Waals surface area contributed by atoms with Crippen LogP contribution in [0.5, 0.6) is 0 Å². The molecular formula is C10H19Br. The van der Waals surface area contributed by atoms with E-state index in [-0.39, 0.29) is 0 Å². The van der Waals surface area contributed by atoms with E-state index in [0.717, 1.165) is 5.92 Å². The van der Waals surface area contributed by atoms with Crippen molar-refractivity contribution in [3.8, 4) is 0 Å². The van der Waals surface area contributed by atoms with Gasteiger partial charge in [0.05, 0.1) is 0 Å². The summed E-state index contributed by atoms with van der Waals surface area (Å²) in [5, 5.41) is 1.20. The second-order valence-electron chi connectivity index (χ2n) is 4.17. The van der Waals surface area contributed by atoms with Gasteiger partial charge in [-0.1, -0.05) is 42.6 Å². The molecule has 66 valence electrons. The van der Waals surface area contributed by atoms with E-state index in [1.165, 1.54) is 37.4 Å². The Morgan fingerprint density at radius 1 is 1.45 bits per heavy atom. The quantitative estimate of drug-likeness (QED) is 0.613. The van der Waals surface area contributed by atoms with Gasteiger partial charge in [0.15, 0.2) is 0 Å². The van der Waals surface area contributed by atoms with Gasteiger partial charge in [0.25, 0.3) is 0 Å². The molecule has 1 aliphatic carbocycles. The standard InChI is InChI=1S/C10H19Br/c1-3-4-7-10(2,8-11)9-5-6-9/h9H,3-8H2,1-2H3. The van der Waals surface area contributed by atoms with E-state index in [4.69, 9.17) is 0 Å². The van der Waals surface area contributed by atoms with Gasteiger partial charge in [0, 0.05) is 5.33 Å². The molecule has 0 aromatic rings. The van der Waals surface area contributed by atoms with E-state index >= 15 is 0 Å². The highest BCUT2D eigenvalue weighted by atomic mass is 79.9. The molecule has 1 saturated carbocycles. The van der Waals surface area contributed by atoms with Crippen molar-refractivity contribution in [2.75, 3.05) is 5.33 Å². The first-order valence-corrected chi connectivity index (χ1v) is 5.91. The van der Waals surface area contributed by atoms with Crippen molar-refractivity contribution in [2.24, 2.45) is 11.3 Å². The van der Waals surface area contributed by atoms with Crippen molar-refractivity contribution in [1.29, 1.82) is 0 Å². The predicted molar refractivity (Wildman–Crippen MR) is 54.2 cm³/mol.